The van der Waals surface area contributed by atoms with E-state index in [0.29, 0.717) is 13.0 Å². The second-order valence-corrected chi connectivity index (χ2v) is 6.86. The van der Waals surface area contributed by atoms with Crippen LogP contribution < -0.4 is 10.1 Å². The standard InChI is InChI=1S/C14H17Br2NO2/c1-3-19-13-9(6-10(15)7-11(13)16)8-14(2)5-4-12(18)17-14/h6-7H,3-5,8H2,1-2H3,(H,17,18). The fourth-order valence-electron chi connectivity index (χ4n) is 2.45. The van der Waals surface area contributed by atoms with Crippen LogP contribution in [-0.2, 0) is 11.2 Å². The Morgan fingerprint density at radius 2 is 2.16 bits per heavy atom. The van der Waals surface area contributed by atoms with Crippen LogP contribution in [0.25, 0.3) is 0 Å². The summed E-state index contributed by atoms with van der Waals surface area (Å²) in [6.45, 7) is 4.68. The molecule has 1 aliphatic rings. The van der Waals surface area contributed by atoms with Crippen LogP contribution in [0.1, 0.15) is 32.3 Å². The summed E-state index contributed by atoms with van der Waals surface area (Å²) in [4.78, 5) is 11.4. The van der Waals surface area contributed by atoms with Crippen LogP contribution in [0.2, 0.25) is 0 Å². The summed E-state index contributed by atoms with van der Waals surface area (Å²) >= 11 is 7.04. The SMILES string of the molecule is CCOc1c(Br)cc(Br)cc1CC1(C)CCC(=O)N1. The van der Waals surface area contributed by atoms with Crippen molar-refractivity contribution in [2.45, 2.75) is 38.6 Å². The van der Waals surface area contributed by atoms with Crippen molar-refractivity contribution >= 4 is 37.8 Å². The molecule has 0 aliphatic carbocycles. The zero-order valence-electron chi connectivity index (χ0n) is 11.1. The van der Waals surface area contributed by atoms with Gasteiger partial charge in [-0.05, 0) is 60.3 Å². The Hall–Kier alpha value is -0.550. The number of carbonyl (C=O) groups is 1. The van der Waals surface area contributed by atoms with Crippen molar-refractivity contribution in [2.24, 2.45) is 0 Å². The Balaban J connectivity index is 2.30. The molecular weight excluding hydrogens is 374 g/mol. The van der Waals surface area contributed by atoms with Crippen LogP contribution >= 0.6 is 31.9 Å². The largest absolute Gasteiger partial charge is 0.492 e. The molecule has 1 aliphatic heterocycles. The molecule has 1 heterocycles. The first-order valence-corrected chi connectivity index (χ1v) is 7.94. The van der Waals surface area contributed by atoms with Gasteiger partial charge in [-0.25, -0.2) is 0 Å². The monoisotopic (exact) mass is 389 g/mol. The van der Waals surface area contributed by atoms with Gasteiger partial charge in [-0.2, -0.15) is 0 Å². The lowest BCUT2D eigenvalue weighted by Crippen LogP contribution is -2.40. The van der Waals surface area contributed by atoms with Gasteiger partial charge >= 0.3 is 0 Å². The first kappa shape index (κ1) is 14.9. The van der Waals surface area contributed by atoms with Gasteiger partial charge in [0.2, 0.25) is 5.91 Å². The minimum Gasteiger partial charge on any atom is -0.492 e. The first-order chi connectivity index (χ1) is 8.93. The lowest BCUT2D eigenvalue weighted by atomic mass is 9.91. The average molecular weight is 391 g/mol. The highest BCUT2D eigenvalue weighted by Gasteiger charge is 2.34. The third-order valence-corrected chi connectivity index (χ3v) is 4.35. The Morgan fingerprint density at radius 1 is 1.42 bits per heavy atom. The van der Waals surface area contributed by atoms with Gasteiger partial charge in [0.1, 0.15) is 5.75 Å². The maximum atomic E-state index is 11.4. The minimum absolute atomic E-state index is 0.134. The number of hydrogen-bond donors (Lipinski definition) is 1. The van der Waals surface area contributed by atoms with Crippen LogP contribution in [0.5, 0.6) is 5.75 Å². The molecule has 0 spiro atoms. The Morgan fingerprint density at radius 3 is 2.74 bits per heavy atom. The number of carbonyl (C=O) groups excluding carboxylic acids is 1. The Labute approximate surface area is 130 Å². The number of hydrogen-bond acceptors (Lipinski definition) is 2. The zero-order chi connectivity index (χ0) is 14.0. The van der Waals surface area contributed by atoms with Crippen LogP contribution in [0.15, 0.2) is 21.1 Å². The topological polar surface area (TPSA) is 38.3 Å². The molecule has 1 atom stereocenters. The van der Waals surface area contributed by atoms with Crippen molar-refractivity contribution in [3.63, 3.8) is 0 Å². The fourth-order valence-corrected chi connectivity index (χ4v) is 3.88. The molecule has 0 bridgehead atoms. The number of rotatable bonds is 4. The van der Waals surface area contributed by atoms with Gasteiger partial charge in [0.25, 0.3) is 0 Å². The number of amides is 1. The minimum atomic E-state index is -0.177. The van der Waals surface area contributed by atoms with Crippen molar-refractivity contribution < 1.29 is 9.53 Å². The summed E-state index contributed by atoms with van der Waals surface area (Å²) in [6.07, 6.45) is 2.24. The van der Waals surface area contributed by atoms with Gasteiger partial charge in [0.05, 0.1) is 11.1 Å². The summed E-state index contributed by atoms with van der Waals surface area (Å²) in [6, 6.07) is 4.04. The number of nitrogens with one attached hydrogen (secondary N) is 1. The van der Waals surface area contributed by atoms with Gasteiger partial charge in [-0.1, -0.05) is 15.9 Å². The zero-order valence-corrected chi connectivity index (χ0v) is 14.2. The summed E-state index contributed by atoms with van der Waals surface area (Å²) in [7, 11) is 0. The first-order valence-electron chi connectivity index (χ1n) is 6.35. The van der Waals surface area contributed by atoms with E-state index in [0.717, 1.165) is 33.1 Å². The Bertz CT molecular complexity index is 504. The predicted octanol–water partition coefficient (Wildman–Crippen LogP) is 3.82. The van der Waals surface area contributed by atoms with Gasteiger partial charge < -0.3 is 10.1 Å². The van der Waals surface area contributed by atoms with E-state index >= 15 is 0 Å². The van der Waals surface area contributed by atoms with E-state index in [1.165, 1.54) is 0 Å². The molecule has 1 fully saturated rings. The summed E-state index contributed by atoms with van der Waals surface area (Å²) < 4.78 is 7.67. The third-order valence-electron chi connectivity index (χ3n) is 3.30. The van der Waals surface area contributed by atoms with Gasteiger partial charge in [0.15, 0.2) is 0 Å². The molecule has 1 saturated heterocycles. The van der Waals surface area contributed by atoms with E-state index in [1.54, 1.807) is 0 Å². The molecule has 0 aromatic heterocycles. The van der Waals surface area contributed by atoms with Crippen LogP contribution in [0, 0.1) is 0 Å². The predicted molar refractivity (Wildman–Crippen MR) is 82.5 cm³/mol. The third kappa shape index (κ3) is 3.51. The number of benzene rings is 1. The van der Waals surface area contributed by atoms with Gasteiger partial charge in [0, 0.05) is 16.4 Å². The van der Waals surface area contributed by atoms with Crippen molar-refractivity contribution in [1.29, 1.82) is 0 Å². The molecule has 19 heavy (non-hydrogen) atoms. The van der Waals surface area contributed by atoms with Crippen LogP contribution in [0.3, 0.4) is 0 Å². The lowest BCUT2D eigenvalue weighted by Gasteiger charge is -2.25. The van der Waals surface area contributed by atoms with Crippen molar-refractivity contribution in [2.75, 3.05) is 6.61 Å². The maximum Gasteiger partial charge on any atom is 0.220 e. The number of ether oxygens (including phenoxy) is 1. The van der Waals surface area contributed by atoms with Crippen LogP contribution in [0.4, 0.5) is 0 Å². The molecule has 1 aromatic rings. The second-order valence-electron chi connectivity index (χ2n) is 5.09. The summed E-state index contributed by atoms with van der Waals surface area (Å²) in [5.74, 6) is 1.00. The quantitative estimate of drug-likeness (QED) is 0.848. The Kier molecular flexibility index (Phi) is 4.56. The normalized spacial score (nSPS) is 22.4. The molecule has 1 amide bonds. The smallest absolute Gasteiger partial charge is 0.220 e. The van der Waals surface area contributed by atoms with E-state index in [4.69, 9.17) is 4.74 Å². The van der Waals surface area contributed by atoms with E-state index < -0.39 is 0 Å². The van der Waals surface area contributed by atoms with Crippen molar-refractivity contribution in [1.82, 2.24) is 5.32 Å². The molecular formula is C14H17Br2NO2. The highest BCUT2D eigenvalue weighted by molar-refractivity contribution is 9.11. The maximum absolute atomic E-state index is 11.4. The highest BCUT2D eigenvalue weighted by Crippen LogP contribution is 2.36. The summed E-state index contributed by atoms with van der Waals surface area (Å²) in [5.41, 5.74) is 0.927. The molecule has 1 aromatic carbocycles. The molecule has 3 nitrogen and oxygen atoms in total. The van der Waals surface area contributed by atoms with E-state index in [-0.39, 0.29) is 11.4 Å². The number of halogens is 2. The molecule has 0 radical (unpaired) electrons. The van der Waals surface area contributed by atoms with E-state index in [9.17, 15) is 4.79 Å². The lowest BCUT2D eigenvalue weighted by molar-refractivity contribution is -0.119. The molecule has 1 N–H and O–H groups in total. The van der Waals surface area contributed by atoms with E-state index in [2.05, 4.69) is 50.2 Å². The van der Waals surface area contributed by atoms with Crippen molar-refractivity contribution in [3.05, 3.63) is 26.6 Å². The molecule has 5 heteroatoms. The van der Waals surface area contributed by atoms with Crippen LogP contribution in [-0.4, -0.2) is 18.1 Å². The van der Waals surface area contributed by atoms with Gasteiger partial charge in [-0.3, -0.25) is 4.79 Å². The van der Waals surface area contributed by atoms with Crippen molar-refractivity contribution in [3.8, 4) is 5.75 Å². The average Bonchev–Trinajstić information content (AvgIpc) is 2.63. The van der Waals surface area contributed by atoms with Gasteiger partial charge in [-0.15, -0.1) is 0 Å². The molecule has 1 unspecified atom stereocenters. The molecule has 104 valence electrons. The second kappa shape index (κ2) is 5.83. The molecule has 2 rings (SSSR count). The fraction of sp³-hybridized carbons (Fsp3) is 0.500. The highest BCUT2D eigenvalue weighted by atomic mass is 79.9. The molecule has 0 saturated carbocycles. The summed E-state index contributed by atoms with van der Waals surface area (Å²) in [5, 5.41) is 3.06. The van der Waals surface area contributed by atoms with E-state index in [1.807, 2.05) is 13.0 Å².